The lowest BCUT2D eigenvalue weighted by Gasteiger charge is -2.25. The fraction of sp³-hybridized carbons (Fsp3) is 0.167. The Bertz CT molecular complexity index is 846. The molecule has 0 radical (unpaired) electrons. The Labute approximate surface area is 146 Å². The lowest BCUT2D eigenvalue weighted by Crippen LogP contribution is -2.25. The van der Waals surface area contributed by atoms with Crippen molar-refractivity contribution in [1.82, 2.24) is 24.8 Å². The molecule has 120 valence electrons. The van der Waals surface area contributed by atoms with E-state index >= 15 is 0 Å². The molecule has 4 rings (SSSR count). The van der Waals surface area contributed by atoms with Gasteiger partial charge in [0.1, 0.15) is 0 Å². The maximum atomic E-state index is 5.50. The summed E-state index contributed by atoms with van der Waals surface area (Å²) < 4.78 is 2.15. The van der Waals surface area contributed by atoms with Gasteiger partial charge in [0.05, 0.1) is 29.7 Å². The van der Waals surface area contributed by atoms with Crippen molar-refractivity contribution in [3.8, 4) is 5.69 Å². The molecule has 3 aromatic rings. The molecular formula is C18H17N5S. The highest BCUT2D eigenvalue weighted by atomic mass is 32.1. The van der Waals surface area contributed by atoms with Crippen LogP contribution in [0.1, 0.15) is 23.5 Å². The molecule has 24 heavy (non-hydrogen) atoms. The number of pyridine rings is 2. The number of nitrogens with one attached hydrogen (secondary N) is 1. The highest BCUT2D eigenvalue weighted by molar-refractivity contribution is 7.80. The van der Waals surface area contributed by atoms with Crippen LogP contribution in [0.5, 0.6) is 0 Å². The average molecular weight is 335 g/mol. The largest absolute Gasteiger partial charge is 0.352 e. The van der Waals surface area contributed by atoms with Crippen molar-refractivity contribution in [2.24, 2.45) is 0 Å². The maximum Gasteiger partial charge on any atom is 0.169 e. The highest BCUT2D eigenvalue weighted by Crippen LogP contribution is 2.38. The monoisotopic (exact) mass is 335 g/mol. The first kappa shape index (κ1) is 14.8. The molecule has 0 aromatic carbocycles. The SMILES string of the molecule is CN1C(=S)N[C@H](c2ccccn2)[C@H]1c1cccn1-c1cccnc1. The lowest BCUT2D eigenvalue weighted by molar-refractivity contribution is 0.357. The number of rotatable bonds is 3. The molecule has 6 heteroatoms. The molecule has 4 heterocycles. The van der Waals surface area contributed by atoms with Gasteiger partial charge in [0.25, 0.3) is 0 Å². The number of hydrogen-bond donors (Lipinski definition) is 1. The van der Waals surface area contributed by atoms with Crippen LogP contribution < -0.4 is 5.32 Å². The summed E-state index contributed by atoms with van der Waals surface area (Å²) in [6.07, 6.45) is 7.51. The second-order valence-electron chi connectivity index (χ2n) is 5.75. The van der Waals surface area contributed by atoms with Crippen LogP contribution >= 0.6 is 12.2 Å². The van der Waals surface area contributed by atoms with Crippen LogP contribution in [0.2, 0.25) is 0 Å². The molecule has 1 fully saturated rings. The molecule has 0 saturated carbocycles. The molecule has 5 nitrogen and oxygen atoms in total. The normalized spacial score (nSPS) is 20.2. The zero-order chi connectivity index (χ0) is 16.5. The van der Waals surface area contributed by atoms with Crippen LogP contribution in [0.25, 0.3) is 5.69 Å². The predicted molar refractivity (Wildman–Crippen MR) is 96.8 cm³/mol. The Balaban J connectivity index is 1.80. The summed E-state index contributed by atoms with van der Waals surface area (Å²) >= 11 is 5.50. The van der Waals surface area contributed by atoms with E-state index in [1.807, 2.05) is 55.8 Å². The van der Waals surface area contributed by atoms with Gasteiger partial charge in [-0.3, -0.25) is 9.97 Å². The first-order valence-corrected chi connectivity index (χ1v) is 8.18. The summed E-state index contributed by atoms with van der Waals surface area (Å²) in [6, 6.07) is 14.2. The van der Waals surface area contributed by atoms with Crippen molar-refractivity contribution in [3.63, 3.8) is 0 Å². The maximum absolute atomic E-state index is 5.50. The summed E-state index contributed by atoms with van der Waals surface area (Å²) in [7, 11) is 2.02. The van der Waals surface area contributed by atoms with Gasteiger partial charge < -0.3 is 14.8 Å². The van der Waals surface area contributed by atoms with Crippen LogP contribution in [0.15, 0.2) is 67.3 Å². The van der Waals surface area contributed by atoms with Crippen LogP contribution in [0.3, 0.4) is 0 Å². The summed E-state index contributed by atoms with van der Waals surface area (Å²) in [6.45, 7) is 0. The second kappa shape index (κ2) is 6.05. The summed E-state index contributed by atoms with van der Waals surface area (Å²) in [5.74, 6) is 0. The molecule has 2 atom stereocenters. The van der Waals surface area contributed by atoms with Crippen molar-refractivity contribution in [2.45, 2.75) is 12.1 Å². The van der Waals surface area contributed by atoms with E-state index in [0.717, 1.165) is 22.2 Å². The van der Waals surface area contributed by atoms with E-state index in [0.29, 0.717) is 0 Å². The van der Waals surface area contributed by atoms with Gasteiger partial charge in [-0.05, 0) is 48.6 Å². The van der Waals surface area contributed by atoms with Crippen molar-refractivity contribution in [1.29, 1.82) is 0 Å². The second-order valence-corrected chi connectivity index (χ2v) is 6.14. The average Bonchev–Trinajstić information content (AvgIpc) is 3.22. The van der Waals surface area contributed by atoms with Crippen molar-refractivity contribution in [3.05, 3.63) is 78.6 Å². The Morgan fingerprint density at radius 3 is 2.75 bits per heavy atom. The van der Waals surface area contributed by atoms with Gasteiger partial charge in [0.2, 0.25) is 0 Å². The van der Waals surface area contributed by atoms with E-state index < -0.39 is 0 Å². The van der Waals surface area contributed by atoms with Gasteiger partial charge in [0, 0.05) is 31.3 Å². The van der Waals surface area contributed by atoms with E-state index in [1.165, 1.54) is 0 Å². The van der Waals surface area contributed by atoms with Gasteiger partial charge in [0.15, 0.2) is 5.11 Å². The summed E-state index contributed by atoms with van der Waals surface area (Å²) in [5, 5.41) is 4.13. The van der Waals surface area contributed by atoms with Crippen molar-refractivity contribution < 1.29 is 0 Å². The summed E-state index contributed by atoms with van der Waals surface area (Å²) in [5.41, 5.74) is 3.16. The molecule has 0 unspecified atom stereocenters. The summed E-state index contributed by atoms with van der Waals surface area (Å²) in [4.78, 5) is 10.8. The van der Waals surface area contributed by atoms with E-state index in [4.69, 9.17) is 12.2 Å². The molecule has 0 amide bonds. The molecule has 1 saturated heterocycles. The first-order valence-electron chi connectivity index (χ1n) is 7.77. The fourth-order valence-electron chi connectivity index (χ4n) is 3.20. The minimum absolute atomic E-state index is 0.00835. The van der Waals surface area contributed by atoms with E-state index in [1.54, 1.807) is 6.20 Å². The van der Waals surface area contributed by atoms with Crippen LogP contribution in [-0.4, -0.2) is 31.6 Å². The van der Waals surface area contributed by atoms with Crippen LogP contribution in [0.4, 0.5) is 0 Å². The molecular weight excluding hydrogens is 318 g/mol. The molecule has 3 aromatic heterocycles. The predicted octanol–water partition coefficient (Wildman–Crippen LogP) is 2.87. The lowest BCUT2D eigenvalue weighted by atomic mass is 10.0. The minimum Gasteiger partial charge on any atom is -0.352 e. The zero-order valence-electron chi connectivity index (χ0n) is 13.2. The standard InChI is InChI=1S/C18H17N5S/c1-22-17(16(21-18(22)24)14-7-2-3-10-20-14)15-8-5-11-23(15)13-6-4-9-19-12-13/h2-12,16-17H,1H3,(H,21,24)/t16-,17-/m1/s1. The van der Waals surface area contributed by atoms with Crippen LogP contribution in [0, 0.1) is 0 Å². The van der Waals surface area contributed by atoms with Gasteiger partial charge in [-0.15, -0.1) is 0 Å². The minimum atomic E-state index is 0.00835. The molecule has 0 spiro atoms. The van der Waals surface area contributed by atoms with Gasteiger partial charge in [-0.1, -0.05) is 6.07 Å². The molecule has 0 bridgehead atoms. The third kappa shape index (κ3) is 2.45. The Hall–Kier alpha value is -2.73. The van der Waals surface area contributed by atoms with Crippen molar-refractivity contribution >= 4 is 17.3 Å². The Kier molecular flexibility index (Phi) is 3.74. The third-order valence-electron chi connectivity index (χ3n) is 4.35. The Morgan fingerprint density at radius 1 is 1.08 bits per heavy atom. The van der Waals surface area contributed by atoms with Crippen molar-refractivity contribution in [2.75, 3.05) is 7.05 Å². The van der Waals surface area contributed by atoms with Crippen LogP contribution in [-0.2, 0) is 0 Å². The fourth-order valence-corrected chi connectivity index (χ4v) is 3.44. The smallest absolute Gasteiger partial charge is 0.169 e. The number of likely N-dealkylation sites (N-methyl/N-ethyl adjacent to an activating group) is 1. The third-order valence-corrected chi connectivity index (χ3v) is 4.75. The van der Waals surface area contributed by atoms with E-state index in [-0.39, 0.29) is 12.1 Å². The molecule has 1 aliphatic rings. The van der Waals surface area contributed by atoms with Gasteiger partial charge in [-0.2, -0.15) is 0 Å². The molecule has 1 aliphatic heterocycles. The highest BCUT2D eigenvalue weighted by Gasteiger charge is 2.39. The Morgan fingerprint density at radius 2 is 2.00 bits per heavy atom. The van der Waals surface area contributed by atoms with E-state index in [9.17, 15) is 0 Å². The topological polar surface area (TPSA) is 46.0 Å². The number of nitrogens with zero attached hydrogens (tertiary/aromatic N) is 4. The number of hydrogen-bond acceptors (Lipinski definition) is 3. The molecule has 1 N–H and O–H groups in total. The number of aromatic nitrogens is 3. The zero-order valence-corrected chi connectivity index (χ0v) is 14.0. The quantitative estimate of drug-likeness (QED) is 0.746. The van der Waals surface area contributed by atoms with Gasteiger partial charge >= 0.3 is 0 Å². The van der Waals surface area contributed by atoms with Gasteiger partial charge in [-0.25, -0.2) is 0 Å². The molecule has 0 aliphatic carbocycles. The number of thiocarbonyl (C=S) groups is 1. The first-order chi connectivity index (χ1) is 11.8. The van der Waals surface area contributed by atoms with E-state index in [2.05, 4.69) is 37.0 Å².